The number of nitrogens with zero attached hydrogens (tertiary/aromatic N) is 1. The minimum absolute atomic E-state index is 0.120. The van der Waals surface area contributed by atoms with Crippen LogP contribution in [0.1, 0.15) is 21.5 Å². The van der Waals surface area contributed by atoms with Gasteiger partial charge in [0.2, 0.25) is 0 Å². The van der Waals surface area contributed by atoms with Gasteiger partial charge in [0.1, 0.15) is 5.82 Å². The Balaban J connectivity index is 1.49. The zero-order valence-electron chi connectivity index (χ0n) is 15.7. The summed E-state index contributed by atoms with van der Waals surface area (Å²) in [5.41, 5.74) is 3.66. The number of benzene rings is 3. The van der Waals surface area contributed by atoms with Gasteiger partial charge in [-0.15, -0.1) is 11.8 Å². The van der Waals surface area contributed by atoms with E-state index < -0.39 is 0 Å². The molecule has 1 aliphatic rings. The first-order valence-corrected chi connectivity index (χ1v) is 10.7. The molecule has 0 unspecified atom stereocenters. The molecule has 6 heteroatoms. The van der Waals surface area contributed by atoms with Crippen LogP contribution in [0.2, 0.25) is 5.02 Å². The van der Waals surface area contributed by atoms with E-state index in [4.69, 9.17) is 11.6 Å². The van der Waals surface area contributed by atoms with Gasteiger partial charge in [-0.3, -0.25) is 4.79 Å². The number of nitrogens with one attached hydrogen (secondary N) is 1. The fraction of sp³-hybridized carbons (Fsp3) is 0.174. The predicted molar refractivity (Wildman–Crippen MR) is 117 cm³/mol. The molecule has 1 N–H and O–H groups in total. The summed E-state index contributed by atoms with van der Waals surface area (Å²) in [7, 11) is 0. The second-order valence-corrected chi connectivity index (χ2v) is 8.46. The number of fused-ring (bicyclic) bond motifs is 1. The Hall–Kier alpha value is -2.50. The van der Waals surface area contributed by atoms with Crippen molar-refractivity contribution in [2.45, 2.75) is 18.0 Å². The fourth-order valence-corrected chi connectivity index (χ4v) is 4.56. The van der Waals surface area contributed by atoms with Crippen molar-refractivity contribution in [3.8, 4) is 0 Å². The van der Waals surface area contributed by atoms with E-state index in [1.54, 1.807) is 23.9 Å². The topological polar surface area (TPSA) is 32.3 Å². The van der Waals surface area contributed by atoms with Crippen LogP contribution in [-0.2, 0) is 13.1 Å². The van der Waals surface area contributed by atoms with Gasteiger partial charge in [0.25, 0.3) is 5.91 Å². The summed E-state index contributed by atoms with van der Waals surface area (Å²) in [6, 6.07) is 19.8. The van der Waals surface area contributed by atoms with Crippen LogP contribution in [0.5, 0.6) is 0 Å². The summed E-state index contributed by atoms with van der Waals surface area (Å²) in [6.07, 6.45) is 0. The van der Waals surface area contributed by atoms with Crippen LogP contribution < -0.4 is 10.2 Å². The minimum atomic E-state index is -0.234. The van der Waals surface area contributed by atoms with Gasteiger partial charge in [0.15, 0.2) is 0 Å². The predicted octanol–water partition coefficient (Wildman–Crippen LogP) is 5.52. The van der Waals surface area contributed by atoms with Crippen LogP contribution in [0.4, 0.5) is 10.1 Å². The van der Waals surface area contributed by atoms with Crippen molar-refractivity contribution in [2.75, 3.05) is 17.2 Å². The highest BCUT2D eigenvalue weighted by molar-refractivity contribution is 7.99. The van der Waals surface area contributed by atoms with E-state index in [0.29, 0.717) is 23.7 Å². The van der Waals surface area contributed by atoms with Crippen molar-refractivity contribution < 1.29 is 9.18 Å². The lowest BCUT2D eigenvalue weighted by Crippen LogP contribution is -2.29. The average Bonchev–Trinajstić information content (AvgIpc) is 2.73. The van der Waals surface area contributed by atoms with Gasteiger partial charge in [0, 0.05) is 40.9 Å². The lowest BCUT2D eigenvalue weighted by atomic mass is 10.1. The van der Waals surface area contributed by atoms with E-state index in [9.17, 15) is 9.18 Å². The van der Waals surface area contributed by atoms with Gasteiger partial charge < -0.3 is 10.2 Å². The Morgan fingerprint density at radius 1 is 1.07 bits per heavy atom. The quantitative estimate of drug-likeness (QED) is 0.582. The smallest absolute Gasteiger partial charge is 0.251 e. The molecule has 0 radical (unpaired) electrons. The summed E-state index contributed by atoms with van der Waals surface area (Å²) < 4.78 is 13.2. The molecule has 1 heterocycles. The van der Waals surface area contributed by atoms with Crippen LogP contribution >= 0.6 is 23.4 Å². The van der Waals surface area contributed by atoms with Gasteiger partial charge >= 0.3 is 0 Å². The molecular weight excluding hydrogens is 407 g/mol. The molecule has 0 saturated heterocycles. The maximum absolute atomic E-state index is 13.2. The third kappa shape index (κ3) is 4.92. The van der Waals surface area contributed by atoms with Crippen LogP contribution in [0.25, 0.3) is 0 Å². The normalized spacial score (nSPS) is 13.1. The molecule has 148 valence electrons. The first kappa shape index (κ1) is 19.8. The second-order valence-electron chi connectivity index (χ2n) is 6.89. The average molecular weight is 427 g/mol. The van der Waals surface area contributed by atoms with Gasteiger partial charge in [-0.25, -0.2) is 4.39 Å². The third-order valence-corrected chi connectivity index (χ3v) is 6.09. The van der Waals surface area contributed by atoms with E-state index >= 15 is 0 Å². The van der Waals surface area contributed by atoms with E-state index in [-0.39, 0.29) is 11.7 Å². The molecule has 1 amide bonds. The number of hydrogen-bond acceptors (Lipinski definition) is 3. The number of carbonyl (C=O) groups is 1. The van der Waals surface area contributed by atoms with Gasteiger partial charge in [-0.05, 0) is 53.6 Å². The molecule has 0 saturated carbocycles. The number of anilines is 1. The van der Waals surface area contributed by atoms with Crippen molar-refractivity contribution >= 4 is 35.0 Å². The molecule has 1 aliphatic heterocycles. The zero-order chi connectivity index (χ0) is 20.2. The van der Waals surface area contributed by atoms with Gasteiger partial charge in [-0.2, -0.15) is 0 Å². The largest absolute Gasteiger partial charge is 0.365 e. The monoisotopic (exact) mass is 426 g/mol. The summed E-state index contributed by atoms with van der Waals surface area (Å²) in [4.78, 5) is 16.1. The summed E-state index contributed by atoms with van der Waals surface area (Å²) in [6.45, 7) is 1.98. The van der Waals surface area contributed by atoms with Crippen LogP contribution in [-0.4, -0.2) is 18.2 Å². The number of rotatable bonds is 5. The highest BCUT2D eigenvalue weighted by atomic mass is 35.5. The Kier molecular flexibility index (Phi) is 6.07. The maximum Gasteiger partial charge on any atom is 0.251 e. The highest BCUT2D eigenvalue weighted by Gasteiger charge is 2.19. The molecule has 3 aromatic carbocycles. The standard InChI is InChI=1S/C23H20ClFN2OS/c24-19-3-1-2-17(12-19)14-26-23(28)18-6-9-22-21(13-18)27(10-11-29-22)15-16-4-7-20(25)8-5-16/h1-9,12-13H,10-11,14-15H2,(H,26,28). The fourth-order valence-electron chi connectivity index (χ4n) is 3.32. The molecule has 0 atom stereocenters. The second kappa shape index (κ2) is 8.89. The van der Waals surface area contributed by atoms with E-state index in [1.165, 1.54) is 12.1 Å². The summed E-state index contributed by atoms with van der Waals surface area (Å²) in [5.74, 6) is 0.626. The molecule has 4 rings (SSSR count). The SMILES string of the molecule is O=C(NCc1cccc(Cl)c1)c1ccc2c(c1)N(Cc1ccc(F)cc1)CCS2. The molecule has 3 aromatic rings. The Bertz CT molecular complexity index is 1030. The van der Waals surface area contributed by atoms with Gasteiger partial charge in [0.05, 0.1) is 5.69 Å². The van der Waals surface area contributed by atoms with E-state index in [1.807, 2.05) is 42.5 Å². The number of hydrogen-bond donors (Lipinski definition) is 1. The molecule has 3 nitrogen and oxygen atoms in total. The molecule has 0 aromatic heterocycles. The number of carbonyl (C=O) groups excluding carboxylic acids is 1. The minimum Gasteiger partial charge on any atom is -0.365 e. The van der Waals surface area contributed by atoms with Crippen molar-refractivity contribution in [3.63, 3.8) is 0 Å². The zero-order valence-corrected chi connectivity index (χ0v) is 17.3. The molecule has 0 spiro atoms. The van der Waals surface area contributed by atoms with E-state index in [0.717, 1.165) is 34.0 Å². The number of amides is 1. The number of halogens is 2. The maximum atomic E-state index is 13.2. The van der Waals surface area contributed by atoms with Crippen molar-refractivity contribution in [1.29, 1.82) is 0 Å². The van der Waals surface area contributed by atoms with Crippen LogP contribution in [0.15, 0.2) is 71.6 Å². The van der Waals surface area contributed by atoms with Crippen molar-refractivity contribution in [3.05, 3.63) is 94.3 Å². The lowest BCUT2D eigenvalue weighted by molar-refractivity contribution is 0.0951. The molecule has 0 aliphatic carbocycles. The third-order valence-electron chi connectivity index (χ3n) is 4.81. The van der Waals surface area contributed by atoms with E-state index in [2.05, 4.69) is 10.2 Å². The molecule has 0 fully saturated rings. The molecule has 0 bridgehead atoms. The van der Waals surface area contributed by atoms with Crippen molar-refractivity contribution in [1.82, 2.24) is 5.32 Å². The van der Waals surface area contributed by atoms with Crippen LogP contribution in [0.3, 0.4) is 0 Å². The molecular formula is C23H20ClFN2OS. The lowest BCUT2D eigenvalue weighted by Gasteiger charge is -2.31. The first-order chi connectivity index (χ1) is 14.1. The molecule has 29 heavy (non-hydrogen) atoms. The van der Waals surface area contributed by atoms with Crippen LogP contribution in [0, 0.1) is 5.82 Å². The van der Waals surface area contributed by atoms with Crippen molar-refractivity contribution in [2.24, 2.45) is 0 Å². The highest BCUT2D eigenvalue weighted by Crippen LogP contribution is 2.36. The Labute approximate surface area is 178 Å². The van der Waals surface area contributed by atoms with Gasteiger partial charge in [-0.1, -0.05) is 35.9 Å². The first-order valence-electron chi connectivity index (χ1n) is 9.37. The summed E-state index contributed by atoms with van der Waals surface area (Å²) >= 11 is 7.80. The number of thioether (sulfide) groups is 1. The Morgan fingerprint density at radius 2 is 1.90 bits per heavy atom. The summed E-state index contributed by atoms with van der Waals surface area (Å²) in [5, 5.41) is 3.61. The Morgan fingerprint density at radius 3 is 2.69 bits per heavy atom.